The fourth-order valence-electron chi connectivity index (χ4n) is 17.7. The van der Waals surface area contributed by atoms with Crippen molar-refractivity contribution in [3.05, 3.63) is 0 Å². The molecule has 0 aromatic heterocycles. The van der Waals surface area contributed by atoms with Crippen LogP contribution in [0.3, 0.4) is 0 Å². The van der Waals surface area contributed by atoms with Crippen LogP contribution in [-0.2, 0) is 57.5 Å². The molecule has 0 unspecified atom stereocenters. The lowest BCUT2D eigenvalue weighted by atomic mass is 9.95. The molecule has 0 spiro atoms. The summed E-state index contributed by atoms with van der Waals surface area (Å²) >= 11 is 0. The SMILES string of the molecule is CC(=O)N[C@H]1CCC[C@@H]1C(=O)N[C@H]1CNC[C@@H]1C(=O)N[C@H]1CCC[C@@H]1C(=O)N[C@H]1CCC[C@@H]1C(=O)N[C@H]1CNC[C@@H]1C(=O)N[C@@H]1CCC[C@H]1C(=O)N[C@@H]1CNC[C@H]1C(=O)N[C@H]1CCC[C@@H]1C(=O)N[C@H]1CCC[C@@H]1C(=O)N[C@H]1CNC[C@@H]1C(=O)N[C@@H]1CCC[C@H]1C(N)=O. The van der Waals surface area contributed by atoms with Crippen molar-refractivity contribution in [1.82, 2.24) is 79.8 Å². The number of rotatable bonds is 22. The third-order valence-electron chi connectivity index (χ3n) is 22.9. The van der Waals surface area contributed by atoms with Gasteiger partial charge in [0.2, 0.25) is 70.9 Å². The van der Waals surface area contributed by atoms with Gasteiger partial charge in [-0.3, -0.25) is 57.5 Å². The van der Waals surface area contributed by atoms with Crippen molar-refractivity contribution in [3.8, 4) is 0 Å². The van der Waals surface area contributed by atoms with Crippen LogP contribution in [0.2, 0.25) is 0 Å². The maximum absolute atomic E-state index is 14.1. The lowest BCUT2D eigenvalue weighted by molar-refractivity contribution is -0.132. The average molecular weight is 1290 g/mol. The normalized spacial score (nSPS) is 38.1. The summed E-state index contributed by atoms with van der Waals surface area (Å²) in [5.74, 6) is -8.55. The average Bonchev–Trinajstić information content (AvgIpc) is 1.82. The summed E-state index contributed by atoms with van der Waals surface area (Å²) in [7, 11) is 0. The first-order valence-electron chi connectivity index (χ1n) is 34.8. The lowest BCUT2D eigenvalue weighted by Gasteiger charge is -2.29. The fraction of sp³-hybridized carbons (Fsp3) is 0.812. The summed E-state index contributed by atoms with van der Waals surface area (Å²) in [5.41, 5.74) is 5.59. The first-order chi connectivity index (χ1) is 44.4. The number of hydrogen-bond donors (Lipinski definition) is 16. The molecule has 0 aromatic carbocycles. The van der Waals surface area contributed by atoms with Crippen LogP contribution in [0, 0.1) is 65.1 Å². The van der Waals surface area contributed by atoms with Crippen molar-refractivity contribution < 1.29 is 57.5 Å². The van der Waals surface area contributed by atoms with E-state index in [2.05, 4.69) is 79.8 Å². The van der Waals surface area contributed by atoms with E-state index in [1.807, 2.05) is 0 Å². The van der Waals surface area contributed by atoms with Crippen LogP contribution in [0.15, 0.2) is 0 Å². The molecule has 4 aliphatic heterocycles. The van der Waals surface area contributed by atoms with Crippen LogP contribution in [-0.4, -0.2) is 190 Å². The minimum Gasteiger partial charge on any atom is -0.369 e. The van der Waals surface area contributed by atoms with Gasteiger partial charge in [0.25, 0.3) is 0 Å². The molecule has 4 heterocycles. The Morgan fingerprint density at radius 1 is 0.228 bits per heavy atom. The Balaban J connectivity index is 0.610. The Labute approximate surface area is 537 Å². The van der Waals surface area contributed by atoms with E-state index in [9.17, 15) is 57.5 Å². The van der Waals surface area contributed by atoms with Crippen LogP contribution in [0.1, 0.15) is 142 Å². The molecule has 11 rings (SSSR count). The Morgan fingerprint density at radius 3 is 0.609 bits per heavy atom. The quantitative estimate of drug-likeness (QED) is 0.0496. The summed E-state index contributed by atoms with van der Waals surface area (Å²) in [6.45, 7) is 4.40. The second-order valence-corrected chi connectivity index (χ2v) is 28.7. The summed E-state index contributed by atoms with van der Waals surface area (Å²) in [5, 5.41) is 47.1. The highest BCUT2D eigenvalue weighted by Gasteiger charge is 2.48. The van der Waals surface area contributed by atoms with Crippen LogP contribution in [0.25, 0.3) is 0 Å². The first-order valence-corrected chi connectivity index (χ1v) is 34.8. The summed E-state index contributed by atoms with van der Waals surface area (Å²) < 4.78 is 0. The zero-order chi connectivity index (χ0) is 64.7. The maximum atomic E-state index is 14.1. The zero-order valence-electron chi connectivity index (χ0n) is 53.2. The van der Waals surface area contributed by atoms with Gasteiger partial charge in [-0.25, -0.2) is 0 Å². The van der Waals surface area contributed by atoms with Gasteiger partial charge in [0.1, 0.15) is 0 Å². The number of nitrogens with one attached hydrogen (secondary N) is 15. The van der Waals surface area contributed by atoms with Crippen LogP contribution >= 0.6 is 0 Å². The highest BCUT2D eigenvalue weighted by molar-refractivity contribution is 5.90. The number of carbonyl (C=O) groups is 12. The molecule has 28 nitrogen and oxygen atoms in total. The highest BCUT2D eigenvalue weighted by atomic mass is 16.2. The first kappa shape index (κ1) is 66.9. The van der Waals surface area contributed by atoms with Gasteiger partial charge >= 0.3 is 0 Å². The molecule has 92 heavy (non-hydrogen) atoms. The molecule has 11 fully saturated rings. The van der Waals surface area contributed by atoms with E-state index < -0.39 is 119 Å². The fourth-order valence-corrected chi connectivity index (χ4v) is 17.7. The smallest absolute Gasteiger partial charge is 0.226 e. The molecule has 17 N–H and O–H groups in total. The van der Waals surface area contributed by atoms with E-state index in [0.29, 0.717) is 142 Å². The largest absolute Gasteiger partial charge is 0.369 e. The van der Waals surface area contributed by atoms with Crippen molar-refractivity contribution in [2.75, 3.05) is 52.4 Å². The van der Waals surface area contributed by atoms with Crippen molar-refractivity contribution in [3.63, 3.8) is 0 Å². The molecule has 0 aromatic rings. The molecular formula is C64H100N16O12. The van der Waals surface area contributed by atoms with Gasteiger partial charge in [0.15, 0.2) is 0 Å². The number of carbonyl (C=O) groups excluding carboxylic acids is 12. The molecule has 11 aliphatic rings. The van der Waals surface area contributed by atoms with Gasteiger partial charge in [0, 0.05) is 102 Å². The minimum absolute atomic E-state index is 0.174. The lowest BCUT2D eigenvalue weighted by Crippen LogP contribution is -2.55. The number of hydrogen-bond acceptors (Lipinski definition) is 16. The Bertz CT molecular complexity index is 2790. The number of nitrogens with two attached hydrogens (primary N) is 1. The van der Waals surface area contributed by atoms with Crippen LogP contribution < -0.4 is 85.5 Å². The number of primary amides is 1. The zero-order valence-corrected chi connectivity index (χ0v) is 53.2. The maximum Gasteiger partial charge on any atom is 0.226 e. The predicted octanol–water partition coefficient (Wildman–Crippen LogP) is -3.70. The van der Waals surface area contributed by atoms with E-state index >= 15 is 0 Å². The molecular weight excluding hydrogens is 1180 g/mol. The van der Waals surface area contributed by atoms with Crippen LogP contribution in [0.4, 0.5) is 0 Å². The molecule has 7 saturated carbocycles. The summed E-state index contributed by atoms with van der Waals surface area (Å²) in [4.78, 5) is 163. The topological polar surface area (TPSA) is 411 Å². The van der Waals surface area contributed by atoms with Crippen molar-refractivity contribution in [2.24, 2.45) is 70.8 Å². The molecule has 0 bridgehead atoms. The predicted molar refractivity (Wildman–Crippen MR) is 333 cm³/mol. The van der Waals surface area contributed by atoms with Gasteiger partial charge in [-0.05, 0) is 89.9 Å². The van der Waals surface area contributed by atoms with Gasteiger partial charge in [-0.2, -0.15) is 0 Å². The molecule has 0 radical (unpaired) electrons. The van der Waals surface area contributed by atoms with E-state index in [0.717, 1.165) is 44.9 Å². The molecule has 508 valence electrons. The van der Waals surface area contributed by atoms with Gasteiger partial charge in [-0.1, -0.05) is 44.9 Å². The van der Waals surface area contributed by atoms with Crippen molar-refractivity contribution >= 4 is 70.9 Å². The van der Waals surface area contributed by atoms with E-state index in [1.165, 1.54) is 6.92 Å². The van der Waals surface area contributed by atoms with Gasteiger partial charge < -0.3 is 85.5 Å². The third-order valence-corrected chi connectivity index (χ3v) is 22.9. The second kappa shape index (κ2) is 30.3. The van der Waals surface area contributed by atoms with Gasteiger partial charge in [0.05, 0.1) is 89.3 Å². The minimum atomic E-state index is -0.615. The molecule has 12 amide bonds. The second-order valence-electron chi connectivity index (χ2n) is 28.7. The monoisotopic (exact) mass is 1280 g/mol. The standard InChI is InChI=1S/C64H100N16O12/c1-31(81)70-44-17-3-10-33(44)57(85)77-51-28-67-24-40(51)62(90)74-47-20-4-11-34(47)55(83)73-46-19-7-14-37(46)59(87)79-52-29-69-26-42(52)64(92)76-49-22-8-15-38(49)60(88)80-53-30-68-25-41(53)63(91)75-48-21-5-12-35(48)56(84)72-45-18-6-13-36(45)58(86)78-50-27-66-23-39(50)61(89)71-43-16-2-9-32(43)54(65)82/h32-53,66-69H,2-30H2,1H3,(H2,65,82)(H,70,81)(H,71,89)(H,72,84)(H,73,83)(H,74,90)(H,75,91)(H,76,92)(H,77,85)(H,78,86)(H,79,87)(H,80,88)/t32-,33+,34+,35+,36+,37+,38-,39+,40+,41-,42+,43-,44+,45+,46+,47+,48+,49-,50+,51+,52+,53-/m1/s1. The van der Waals surface area contributed by atoms with Gasteiger partial charge in [-0.15, -0.1) is 0 Å². The van der Waals surface area contributed by atoms with Crippen LogP contribution in [0.5, 0.6) is 0 Å². The molecule has 28 heteroatoms. The Kier molecular flexibility index (Phi) is 22.0. The van der Waals surface area contributed by atoms with E-state index in [-0.39, 0.29) is 83.0 Å². The molecule has 7 aliphatic carbocycles. The Morgan fingerprint density at radius 2 is 0.402 bits per heavy atom. The van der Waals surface area contributed by atoms with Crippen molar-refractivity contribution in [2.45, 2.75) is 208 Å². The molecule has 22 atom stereocenters. The summed E-state index contributed by atoms with van der Waals surface area (Å²) in [6, 6.07) is -4.66. The third kappa shape index (κ3) is 15.5. The van der Waals surface area contributed by atoms with E-state index in [4.69, 9.17) is 5.73 Å². The van der Waals surface area contributed by atoms with E-state index in [1.54, 1.807) is 0 Å². The van der Waals surface area contributed by atoms with Crippen molar-refractivity contribution in [1.29, 1.82) is 0 Å². The highest BCUT2D eigenvalue weighted by Crippen LogP contribution is 2.35. The number of amides is 12. The molecule has 4 saturated heterocycles. The summed E-state index contributed by atoms with van der Waals surface area (Å²) in [6.07, 6.45) is 13.8. The Hall–Kier alpha value is -6.52.